The highest BCUT2D eigenvalue weighted by molar-refractivity contribution is 6.32. The molecule has 180 valence electrons. The lowest BCUT2D eigenvalue weighted by Gasteiger charge is -2.33. The van der Waals surface area contributed by atoms with Crippen LogP contribution in [-0.4, -0.2) is 57.5 Å². The van der Waals surface area contributed by atoms with Crippen LogP contribution in [-0.2, 0) is 4.79 Å². The fraction of sp³-hybridized carbons (Fsp3) is 0.375. The smallest absolute Gasteiger partial charge is 0.324 e. The number of amides is 1. The van der Waals surface area contributed by atoms with Gasteiger partial charge in [0.15, 0.2) is 0 Å². The number of ether oxygens (including phenoxy) is 3. The molecule has 4 rings (SSSR count). The molecule has 3 aromatic rings. The highest BCUT2D eigenvalue weighted by Gasteiger charge is 2.32. The molecular weight excluding hydrogens is 460 g/mol. The number of piperidine rings is 1. The molecule has 0 unspecified atom stereocenters. The molecule has 0 N–H and O–H groups in total. The van der Waals surface area contributed by atoms with E-state index in [1.165, 1.54) is 7.11 Å². The summed E-state index contributed by atoms with van der Waals surface area (Å²) in [5.41, 5.74) is 1.40. The zero-order chi connectivity index (χ0) is 24.2. The number of methoxy groups -OCH3 is 3. The van der Waals surface area contributed by atoms with E-state index in [2.05, 4.69) is 10.1 Å². The zero-order valence-electron chi connectivity index (χ0n) is 19.6. The third-order valence-electron chi connectivity index (χ3n) is 5.95. The highest BCUT2D eigenvalue weighted by Crippen LogP contribution is 2.38. The molecule has 1 amide bonds. The number of carbonyl (C=O) groups is 1. The van der Waals surface area contributed by atoms with Gasteiger partial charge in [0.2, 0.25) is 11.7 Å². The second kappa shape index (κ2) is 10.2. The summed E-state index contributed by atoms with van der Waals surface area (Å²) in [6.07, 6.45) is 1.58. The van der Waals surface area contributed by atoms with Gasteiger partial charge >= 0.3 is 6.01 Å². The number of halogens is 1. The van der Waals surface area contributed by atoms with Crippen molar-refractivity contribution in [2.24, 2.45) is 5.92 Å². The molecule has 1 fully saturated rings. The van der Waals surface area contributed by atoms with Crippen molar-refractivity contribution in [3.63, 3.8) is 0 Å². The average Bonchev–Trinajstić information content (AvgIpc) is 3.38. The maximum atomic E-state index is 13.4. The molecule has 1 aliphatic rings. The number of anilines is 2. The second-order valence-corrected chi connectivity index (χ2v) is 8.38. The fourth-order valence-electron chi connectivity index (χ4n) is 4.05. The minimum atomic E-state index is -0.249. The molecule has 1 aromatic heterocycles. The summed E-state index contributed by atoms with van der Waals surface area (Å²) in [4.78, 5) is 21.5. The van der Waals surface area contributed by atoms with Gasteiger partial charge in [-0.25, -0.2) is 0 Å². The number of benzene rings is 2. The van der Waals surface area contributed by atoms with Crippen molar-refractivity contribution in [2.75, 3.05) is 51.3 Å². The Hall–Kier alpha value is -3.46. The number of carbonyl (C=O) groups excluding carboxylic acids is 1. The van der Waals surface area contributed by atoms with Crippen molar-refractivity contribution < 1.29 is 23.5 Å². The maximum Gasteiger partial charge on any atom is 0.324 e. The van der Waals surface area contributed by atoms with E-state index in [0.29, 0.717) is 40.6 Å². The largest absolute Gasteiger partial charge is 0.497 e. The molecule has 1 saturated heterocycles. The summed E-state index contributed by atoms with van der Waals surface area (Å²) in [6, 6.07) is 11.2. The van der Waals surface area contributed by atoms with Crippen LogP contribution in [0.5, 0.6) is 17.2 Å². The average molecular weight is 487 g/mol. The number of rotatable bonds is 7. The molecule has 34 heavy (non-hydrogen) atoms. The molecule has 0 spiro atoms. The maximum absolute atomic E-state index is 13.4. The van der Waals surface area contributed by atoms with Crippen molar-refractivity contribution in [3.05, 3.63) is 41.4 Å². The van der Waals surface area contributed by atoms with Gasteiger partial charge in [-0.15, -0.1) is 0 Å². The molecule has 1 aliphatic heterocycles. The Kier molecular flexibility index (Phi) is 7.12. The van der Waals surface area contributed by atoms with Crippen LogP contribution < -0.4 is 24.0 Å². The Morgan fingerprint density at radius 2 is 1.85 bits per heavy atom. The fourth-order valence-corrected chi connectivity index (χ4v) is 4.29. The number of nitrogens with zero attached hydrogens (tertiary/aromatic N) is 4. The molecular formula is C24H27ClN4O5. The van der Waals surface area contributed by atoms with Crippen molar-refractivity contribution in [1.82, 2.24) is 10.1 Å². The van der Waals surface area contributed by atoms with Crippen LogP contribution in [0.15, 0.2) is 40.9 Å². The molecule has 0 aliphatic carbocycles. The first-order valence-corrected chi connectivity index (χ1v) is 11.2. The molecule has 1 atom stereocenters. The van der Waals surface area contributed by atoms with Gasteiger partial charge in [-0.3, -0.25) is 4.79 Å². The van der Waals surface area contributed by atoms with E-state index >= 15 is 0 Å². The first-order chi connectivity index (χ1) is 16.4. The van der Waals surface area contributed by atoms with E-state index in [9.17, 15) is 4.79 Å². The Labute approximate surface area is 203 Å². The van der Waals surface area contributed by atoms with Gasteiger partial charge < -0.3 is 28.5 Å². The van der Waals surface area contributed by atoms with Crippen LogP contribution in [0.2, 0.25) is 5.02 Å². The molecule has 10 heteroatoms. The van der Waals surface area contributed by atoms with Crippen molar-refractivity contribution in [1.29, 1.82) is 0 Å². The minimum Gasteiger partial charge on any atom is -0.497 e. The van der Waals surface area contributed by atoms with Crippen LogP contribution in [0.1, 0.15) is 12.8 Å². The Bertz CT molecular complexity index is 1150. The predicted octanol–water partition coefficient (Wildman–Crippen LogP) is 4.30. The monoisotopic (exact) mass is 486 g/mol. The van der Waals surface area contributed by atoms with Crippen molar-refractivity contribution in [2.45, 2.75) is 12.8 Å². The molecule has 0 radical (unpaired) electrons. The van der Waals surface area contributed by atoms with Crippen LogP contribution >= 0.6 is 11.6 Å². The second-order valence-electron chi connectivity index (χ2n) is 7.97. The van der Waals surface area contributed by atoms with Gasteiger partial charge in [0, 0.05) is 31.8 Å². The summed E-state index contributed by atoms with van der Waals surface area (Å²) in [5.74, 6) is 1.94. The van der Waals surface area contributed by atoms with Gasteiger partial charge in [0.1, 0.15) is 17.2 Å². The highest BCUT2D eigenvalue weighted by atomic mass is 35.5. The lowest BCUT2D eigenvalue weighted by Crippen LogP contribution is -2.44. The summed E-state index contributed by atoms with van der Waals surface area (Å²) >= 11 is 6.30. The van der Waals surface area contributed by atoms with Gasteiger partial charge in [0.05, 0.1) is 38.0 Å². The standard InChI is InChI=1S/C24H27ClN4O5/c1-28(19-12-18(25)20(32-3)13-21(19)33-4)23(30)16-6-5-11-29(14-16)24-26-22(27-34-24)15-7-9-17(31-2)10-8-15/h7-10,12-13,16H,5-6,11,14H2,1-4H3/t16-/m0/s1. The van der Waals surface area contributed by atoms with E-state index < -0.39 is 0 Å². The van der Waals surface area contributed by atoms with Gasteiger partial charge in [-0.05, 0) is 43.2 Å². The van der Waals surface area contributed by atoms with Crippen LogP contribution in [0.25, 0.3) is 11.4 Å². The molecule has 2 aromatic carbocycles. The van der Waals surface area contributed by atoms with E-state index in [4.69, 9.17) is 30.3 Å². The van der Waals surface area contributed by atoms with Crippen molar-refractivity contribution >= 4 is 29.2 Å². The predicted molar refractivity (Wildman–Crippen MR) is 129 cm³/mol. The summed E-state index contributed by atoms with van der Waals surface area (Å²) in [5, 5.41) is 4.51. The summed E-state index contributed by atoms with van der Waals surface area (Å²) < 4.78 is 21.4. The van der Waals surface area contributed by atoms with E-state index in [1.807, 2.05) is 29.2 Å². The van der Waals surface area contributed by atoms with Gasteiger partial charge in [0.25, 0.3) is 0 Å². The lowest BCUT2D eigenvalue weighted by atomic mass is 9.96. The molecule has 9 nitrogen and oxygen atoms in total. The third kappa shape index (κ3) is 4.75. The van der Waals surface area contributed by atoms with Crippen LogP contribution in [0.3, 0.4) is 0 Å². The SMILES string of the molecule is COc1ccc(-c2noc(N3CCC[C@H](C(=O)N(C)c4cc(Cl)c(OC)cc4OC)C3)n2)cc1. The molecule has 2 heterocycles. The van der Waals surface area contributed by atoms with Crippen LogP contribution in [0.4, 0.5) is 11.7 Å². The summed E-state index contributed by atoms with van der Waals surface area (Å²) in [7, 11) is 6.41. The lowest BCUT2D eigenvalue weighted by molar-refractivity contribution is -0.122. The topological polar surface area (TPSA) is 90.2 Å². The van der Waals surface area contributed by atoms with E-state index in [1.54, 1.807) is 38.3 Å². The molecule has 0 bridgehead atoms. The quantitative estimate of drug-likeness (QED) is 0.488. The molecule has 0 saturated carbocycles. The normalized spacial score (nSPS) is 15.7. The van der Waals surface area contributed by atoms with E-state index in [-0.39, 0.29) is 11.8 Å². The zero-order valence-corrected chi connectivity index (χ0v) is 20.3. The Morgan fingerprint density at radius 1 is 1.12 bits per heavy atom. The summed E-state index contributed by atoms with van der Waals surface area (Å²) in [6.45, 7) is 1.20. The van der Waals surface area contributed by atoms with Gasteiger partial charge in [-0.2, -0.15) is 4.98 Å². The van der Waals surface area contributed by atoms with Crippen molar-refractivity contribution in [3.8, 4) is 28.6 Å². The first-order valence-electron chi connectivity index (χ1n) is 10.9. The minimum absolute atomic E-state index is 0.0425. The number of hydrogen-bond donors (Lipinski definition) is 0. The van der Waals surface area contributed by atoms with Crippen LogP contribution in [0, 0.1) is 5.92 Å². The van der Waals surface area contributed by atoms with Gasteiger partial charge in [-0.1, -0.05) is 16.8 Å². The Morgan fingerprint density at radius 3 is 2.53 bits per heavy atom. The Balaban J connectivity index is 1.49. The van der Waals surface area contributed by atoms with E-state index in [0.717, 1.165) is 30.7 Å². The third-order valence-corrected chi connectivity index (χ3v) is 6.25. The number of aromatic nitrogens is 2. The number of hydrogen-bond acceptors (Lipinski definition) is 8. The first kappa shape index (κ1) is 23.7.